The van der Waals surface area contributed by atoms with E-state index in [0.29, 0.717) is 18.0 Å². The molecule has 18 heavy (non-hydrogen) atoms. The zero-order chi connectivity index (χ0) is 13.6. The van der Waals surface area contributed by atoms with Crippen LogP contribution in [-0.4, -0.2) is 26.1 Å². The lowest BCUT2D eigenvalue weighted by Gasteiger charge is -2.06. The summed E-state index contributed by atoms with van der Waals surface area (Å²) in [7, 11) is -3.35. The number of aromatic nitrogens is 1. The molecule has 104 valence electrons. The minimum atomic E-state index is -3.35. The molecule has 6 heteroatoms. The van der Waals surface area contributed by atoms with Gasteiger partial charge in [-0.05, 0) is 26.0 Å². The van der Waals surface area contributed by atoms with E-state index in [-0.39, 0.29) is 0 Å². The maximum Gasteiger partial charge on any atom is 0.242 e. The molecule has 0 aliphatic rings. The Morgan fingerprint density at radius 3 is 2.56 bits per heavy atom. The fourth-order valence-corrected chi connectivity index (χ4v) is 2.89. The van der Waals surface area contributed by atoms with Gasteiger partial charge in [-0.3, -0.25) is 0 Å². The van der Waals surface area contributed by atoms with Gasteiger partial charge < -0.3 is 9.88 Å². The Bertz CT molecular complexity index is 466. The summed E-state index contributed by atoms with van der Waals surface area (Å²) < 4.78 is 28.3. The number of nitrogens with one attached hydrogen (secondary N) is 2. The van der Waals surface area contributed by atoms with Crippen LogP contribution in [0.3, 0.4) is 0 Å². The third-order valence-electron chi connectivity index (χ3n) is 2.68. The Morgan fingerprint density at radius 2 is 2.00 bits per heavy atom. The van der Waals surface area contributed by atoms with Gasteiger partial charge in [0.1, 0.15) is 0 Å². The summed E-state index contributed by atoms with van der Waals surface area (Å²) in [5, 5.41) is 3.29. The summed E-state index contributed by atoms with van der Waals surface area (Å²) >= 11 is 0. The molecule has 2 N–H and O–H groups in total. The summed E-state index contributed by atoms with van der Waals surface area (Å²) in [5.41, 5.74) is 1.00. The summed E-state index contributed by atoms with van der Waals surface area (Å²) in [5.74, 6) is 0. The van der Waals surface area contributed by atoms with Gasteiger partial charge in [-0.1, -0.05) is 13.8 Å². The van der Waals surface area contributed by atoms with Gasteiger partial charge in [-0.25, -0.2) is 13.1 Å². The molecule has 0 bridgehead atoms. The zero-order valence-electron chi connectivity index (χ0n) is 11.4. The van der Waals surface area contributed by atoms with Crippen molar-refractivity contribution in [2.45, 2.75) is 45.2 Å². The largest absolute Gasteiger partial charge is 0.349 e. The number of hydrogen-bond donors (Lipinski definition) is 2. The van der Waals surface area contributed by atoms with Crippen LogP contribution in [0.1, 0.15) is 32.9 Å². The first-order valence-electron chi connectivity index (χ1n) is 6.44. The van der Waals surface area contributed by atoms with Crippen LogP contribution in [-0.2, 0) is 23.1 Å². The van der Waals surface area contributed by atoms with Crippen LogP contribution < -0.4 is 10.0 Å². The molecule has 0 aliphatic carbocycles. The topological polar surface area (TPSA) is 63.1 Å². The van der Waals surface area contributed by atoms with Gasteiger partial charge in [-0.15, -0.1) is 0 Å². The van der Waals surface area contributed by atoms with Gasteiger partial charge in [0, 0.05) is 31.5 Å². The predicted octanol–water partition coefficient (Wildman–Crippen LogP) is 1.31. The fraction of sp³-hybridized carbons (Fsp3) is 0.667. The number of sulfonamides is 1. The molecule has 1 aromatic rings. The average molecular weight is 273 g/mol. The predicted molar refractivity (Wildman–Crippen MR) is 73.0 cm³/mol. The van der Waals surface area contributed by atoms with Crippen LogP contribution in [0.25, 0.3) is 0 Å². The lowest BCUT2D eigenvalue weighted by atomic mass is 10.4. The molecule has 0 saturated heterocycles. The fourth-order valence-electron chi connectivity index (χ4n) is 1.78. The third kappa shape index (κ3) is 3.83. The van der Waals surface area contributed by atoms with Gasteiger partial charge in [0.05, 0.1) is 4.90 Å². The van der Waals surface area contributed by atoms with E-state index in [1.54, 1.807) is 19.2 Å². The molecule has 0 fully saturated rings. The third-order valence-corrected chi connectivity index (χ3v) is 4.19. The standard InChI is InChI=1S/C12H23N3O2S/c1-4-7-13-9-11-8-12(10-15(11)6-3)18(16,17)14-5-2/h8,10,13-14H,4-7,9H2,1-3H3. The van der Waals surface area contributed by atoms with E-state index in [4.69, 9.17) is 0 Å². The molecule has 0 spiro atoms. The lowest BCUT2D eigenvalue weighted by molar-refractivity contribution is 0.583. The van der Waals surface area contributed by atoms with E-state index in [9.17, 15) is 8.42 Å². The highest BCUT2D eigenvalue weighted by atomic mass is 32.2. The van der Waals surface area contributed by atoms with Crippen LogP contribution in [0.5, 0.6) is 0 Å². The van der Waals surface area contributed by atoms with E-state index in [1.165, 1.54) is 0 Å². The molecular formula is C12H23N3O2S. The SMILES string of the molecule is CCCNCc1cc(S(=O)(=O)NCC)cn1CC. The number of aryl methyl sites for hydroxylation is 1. The van der Waals surface area contributed by atoms with Crippen molar-refractivity contribution in [3.8, 4) is 0 Å². The average Bonchev–Trinajstić information content (AvgIpc) is 2.73. The van der Waals surface area contributed by atoms with Crippen molar-refractivity contribution in [3.63, 3.8) is 0 Å². The summed E-state index contributed by atoms with van der Waals surface area (Å²) in [6, 6.07) is 1.74. The Morgan fingerprint density at radius 1 is 1.28 bits per heavy atom. The summed E-state index contributed by atoms with van der Waals surface area (Å²) in [6.45, 7) is 8.69. The molecule has 1 aromatic heterocycles. The first kappa shape index (κ1) is 15.2. The molecule has 0 radical (unpaired) electrons. The molecule has 1 rings (SSSR count). The number of nitrogens with zero attached hydrogens (tertiary/aromatic N) is 1. The zero-order valence-corrected chi connectivity index (χ0v) is 12.2. The Balaban J connectivity index is 2.90. The maximum absolute atomic E-state index is 11.9. The molecule has 0 atom stereocenters. The quantitative estimate of drug-likeness (QED) is 0.702. The minimum Gasteiger partial charge on any atom is -0.349 e. The van der Waals surface area contributed by atoms with Crippen molar-refractivity contribution in [1.82, 2.24) is 14.6 Å². The molecule has 0 aromatic carbocycles. The monoisotopic (exact) mass is 273 g/mol. The Hall–Kier alpha value is -0.850. The van der Waals surface area contributed by atoms with Crippen molar-refractivity contribution in [1.29, 1.82) is 0 Å². The van der Waals surface area contributed by atoms with Gasteiger partial charge in [0.15, 0.2) is 0 Å². The highest BCUT2D eigenvalue weighted by molar-refractivity contribution is 7.89. The number of hydrogen-bond acceptors (Lipinski definition) is 3. The molecule has 0 aliphatic heterocycles. The van der Waals surface area contributed by atoms with Crippen LogP contribution >= 0.6 is 0 Å². The molecule has 5 nitrogen and oxygen atoms in total. The van der Waals surface area contributed by atoms with E-state index in [1.807, 2.05) is 11.5 Å². The van der Waals surface area contributed by atoms with Crippen LogP contribution in [0, 0.1) is 0 Å². The maximum atomic E-state index is 11.9. The second kappa shape index (κ2) is 6.92. The smallest absolute Gasteiger partial charge is 0.242 e. The molecular weight excluding hydrogens is 250 g/mol. The molecule has 0 unspecified atom stereocenters. The van der Waals surface area contributed by atoms with Crippen molar-refractivity contribution in [3.05, 3.63) is 18.0 Å². The normalized spacial score (nSPS) is 11.9. The Kier molecular flexibility index (Phi) is 5.84. The number of rotatable bonds is 8. The first-order chi connectivity index (χ1) is 8.55. The van der Waals surface area contributed by atoms with Crippen molar-refractivity contribution >= 4 is 10.0 Å². The highest BCUT2D eigenvalue weighted by Crippen LogP contribution is 2.14. The van der Waals surface area contributed by atoms with Crippen molar-refractivity contribution in [2.24, 2.45) is 0 Å². The summed E-state index contributed by atoms with van der Waals surface area (Å²) in [4.78, 5) is 0.347. The highest BCUT2D eigenvalue weighted by Gasteiger charge is 2.16. The van der Waals surface area contributed by atoms with E-state index in [2.05, 4.69) is 17.0 Å². The first-order valence-corrected chi connectivity index (χ1v) is 7.92. The molecule has 0 saturated carbocycles. The van der Waals surface area contributed by atoms with E-state index in [0.717, 1.165) is 25.2 Å². The Labute approximate surface area is 110 Å². The lowest BCUT2D eigenvalue weighted by Crippen LogP contribution is -2.22. The molecule has 0 amide bonds. The van der Waals surface area contributed by atoms with Crippen molar-refractivity contribution < 1.29 is 8.42 Å². The second-order valence-corrected chi connectivity index (χ2v) is 5.90. The van der Waals surface area contributed by atoms with Crippen LogP contribution in [0.15, 0.2) is 17.2 Å². The van der Waals surface area contributed by atoms with Crippen molar-refractivity contribution in [2.75, 3.05) is 13.1 Å². The molecule has 1 heterocycles. The summed E-state index contributed by atoms with van der Waals surface area (Å²) in [6.07, 6.45) is 2.76. The van der Waals surface area contributed by atoms with E-state index >= 15 is 0 Å². The van der Waals surface area contributed by atoms with Gasteiger partial charge in [-0.2, -0.15) is 0 Å². The van der Waals surface area contributed by atoms with Crippen LogP contribution in [0.4, 0.5) is 0 Å². The van der Waals surface area contributed by atoms with Gasteiger partial charge in [0.2, 0.25) is 10.0 Å². The van der Waals surface area contributed by atoms with Gasteiger partial charge in [0.25, 0.3) is 0 Å². The van der Waals surface area contributed by atoms with Gasteiger partial charge >= 0.3 is 0 Å². The van der Waals surface area contributed by atoms with E-state index < -0.39 is 10.0 Å². The minimum absolute atomic E-state index is 0.347. The second-order valence-electron chi connectivity index (χ2n) is 4.13. The van der Waals surface area contributed by atoms with Crippen LogP contribution in [0.2, 0.25) is 0 Å².